The van der Waals surface area contributed by atoms with Crippen LogP contribution in [0.5, 0.6) is 0 Å². The van der Waals surface area contributed by atoms with Gasteiger partial charge in [-0.25, -0.2) is 8.42 Å². The first-order valence-electron chi connectivity index (χ1n) is 8.39. The fraction of sp³-hybridized carbons (Fsp3) is 0.556. The van der Waals surface area contributed by atoms with Crippen LogP contribution in [0.3, 0.4) is 0 Å². The summed E-state index contributed by atoms with van der Waals surface area (Å²) in [6.45, 7) is 6.74. The summed E-state index contributed by atoms with van der Waals surface area (Å²) in [6.07, 6.45) is 0. The minimum absolute atomic E-state index is 0.0551. The molecule has 0 unspecified atom stereocenters. The third-order valence-electron chi connectivity index (χ3n) is 4.59. The normalized spacial score (nSPS) is 21.4. The number of hydrogen-bond acceptors (Lipinski definition) is 6. The number of aryl methyl sites for hydroxylation is 1. The van der Waals surface area contributed by atoms with Crippen LogP contribution in [-0.4, -0.2) is 44.6 Å². The lowest BCUT2D eigenvalue weighted by Crippen LogP contribution is -2.36. The van der Waals surface area contributed by atoms with E-state index in [9.17, 15) is 18.0 Å². The van der Waals surface area contributed by atoms with E-state index in [1.165, 1.54) is 6.92 Å². The van der Waals surface area contributed by atoms with E-state index in [-0.39, 0.29) is 19.0 Å². The van der Waals surface area contributed by atoms with Gasteiger partial charge in [-0.3, -0.25) is 9.59 Å². The van der Waals surface area contributed by atoms with Gasteiger partial charge in [-0.2, -0.15) is 0 Å². The third-order valence-corrected chi connectivity index (χ3v) is 6.81. The highest BCUT2D eigenvalue weighted by molar-refractivity contribution is 7.92. The number of carbonyl (C=O) groups excluding carboxylic acids is 2. The number of benzene rings is 1. The zero-order valence-electron chi connectivity index (χ0n) is 14.9. The van der Waals surface area contributed by atoms with Crippen molar-refractivity contribution in [2.75, 3.05) is 19.0 Å². The molecule has 0 N–H and O–H groups in total. The lowest BCUT2D eigenvalue weighted by Gasteiger charge is -2.15. The predicted molar refractivity (Wildman–Crippen MR) is 92.9 cm³/mol. The van der Waals surface area contributed by atoms with Gasteiger partial charge in [0.15, 0.2) is 15.3 Å². The molecule has 1 aliphatic rings. The Labute approximate surface area is 148 Å². The Bertz CT molecular complexity index is 732. The van der Waals surface area contributed by atoms with Crippen LogP contribution in [0.4, 0.5) is 0 Å². The fourth-order valence-electron chi connectivity index (χ4n) is 3.31. The second-order valence-corrected chi connectivity index (χ2v) is 8.48. The number of ether oxygens (including phenoxy) is 2. The molecule has 138 valence electrons. The van der Waals surface area contributed by atoms with Crippen LogP contribution in [-0.2, 0) is 28.9 Å². The highest BCUT2D eigenvalue weighted by Crippen LogP contribution is 2.64. The molecule has 7 heteroatoms. The summed E-state index contributed by atoms with van der Waals surface area (Å²) in [6, 6.07) is 7.14. The van der Waals surface area contributed by atoms with E-state index >= 15 is 0 Å². The average Bonchev–Trinajstić information content (AvgIpc) is 3.28. The van der Waals surface area contributed by atoms with Crippen LogP contribution in [0.2, 0.25) is 0 Å². The molecule has 1 fully saturated rings. The Balaban J connectivity index is 2.61. The number of rotatable bonds is 7. The largest absolute Gasteiger partial charge is 0.465 e. The molecule has 0 heterocycles. The van der Waals surface area contributed by atoms with Gasteiger partial charge in [-0.05, 0) is 26.3 Å². The van der Waals surface area contributed by atoms with Crippen molar-refractivity contribution in [2.45, 2.75) is 38.9 Å². The van der Waals surface area contributed by atoms with Crippen molar-refractivity contribution in [3.05, 3.63) is 35.4 Å². The van der Waals surface area contributed by atoms with E-state index in [1.54, 1.807) is 26.0 Å². The first kappa shape index (κ1) is 19.4. The molecular formula is C18H24O6S. The quantitative estimate of drug-likeness (QED) is 0.540. The monoisotopic (exact) mass is 368 g/mol. The summed E-state index contributed by atoms with van der Waals surface area (Å²) < 4.78 is 35.4. The second-order valence-electron chi connectivity index (χ2n) is 6.07. The number of carbonyl (C=O) groups is 2. The highest BCUT2D eigenvalue weighted by Gasteiger charge is 2.81. The summed E-state index contributed by atoms with van der Waals surface area (Å²) in [5.74, 6) is -2.63. The molecule has 0 radical (unpaired) electrons. The minimum atomic E-state index is -3.67. The molecule has 25 heavy (non-hydrogen) atoms. The maximum atomic E-state index is 12.7. The zero-order valence-corrected chi connectivity index (χ0v) is 15.8. The number of hydrogen-bond donors (Lipinski definition) is 0. The van der Waals surface area contributed by atoms with Crippen molar-refractivity contribution in [2.24, 2.45) is 5.41 Å². The predicted octanol–water partition coefficient (Wildman–Crippen LogP) is 2.01. The molecule has 1 aromatic carbocycles. The SMILES string of the molecule is CCOC(=O)C1(C(=O)OCC)[C@H](S(=O)(=O)CC)[C@@H]1c1ccc(C)cc1. The first-order chi connectivity index (χ1) is 11.8. The van der Waals surface area contributed by atoms with Gasteiger partial charge in [0.2, 0.25) is 0 Å². The molecule has 1 aromatic rings. The molecule has 1 aliphatic carbocycles. The topological polar surface area (TPSA) is 86.7 Å². The molecule has 1 saturated carbocycles. The van der Waals surface area contributed by atoms with Gasteiger partial charge < -0.3 is 9.47 Å². The van der Waals surface area contributed by atoms with Crippen LogP contribution in [0, 0.1) is 12.3 Å². The summed E-state index contributed by atoms with van der Waals surface area (Å²) in [5.41, 5.74) is -0.207. The smallest absolute Gasteiger partial charge is 0.325 e. The van der Waals surface area contributed by atoms with Crippen LogP contribution in [0.25, 0.3) is 0 Å². The fourth-order valence-corrected chi connectivity index (χ4v) is 5.28. The molecule has 2 atom stereocenters. The van der Waals surface area contributed by atoms with Crippen molar-refractivity contribution in [1.82, 2.24) is 0 Å². The van der Waals surface area contributed by atoms with Crippen molar-refractivity contribution in [3.8, 4) is 0 Å². The molecule has 0 saturated heterocycles. The number of sulfone groups is 1. The molecule has 6 nitrogen and oxygen atoms in total. The van der Waals surface area contributed by atoms with E-state index < -0.39 is 38.4 Å². The van der Waals surface area contributed by atoms with E-state index in [1.807, 2.05) is 19.1 Å². The zero-order chi connectivity index (χ0) is 18.8. The van der Waals surface area contributed by atoms with Gasteiger partial charge in [0.05, 0.1) is 18.5 Å². The van der Waals surface area contributed by atoms with E-state index in [0.29, 0.717) is 5.56 Å². The Morgan fingerprint density at radius 3 is 1.88 bits per heavy atom. The van der Waals surface area contributed by atoms with Crippen LogP contribution in [0.1, 0.15) is 37.8 Å². The van der Waals surface area contributed by atoms with E-state index in [2.05, 4.69) is 0 Å². The first-order valence-corrected chi connectivity index (χ1v) is 10.1. The van der Waals surface area contributed by atoms with Gasteiger partial charge >= 0.3 is 11.9 Å². The second kappa shape index (κ2) is 7.15. The van der Waals surface area contributed by atoms with Crippen molar-refractivity contribution < 1.29 is 27.5 Å². The van der Waals surface area contributed by atoms with Gasteiger partial charge in [0.25, 0.3) is 0 Å². The van der Waals surface area contributed by atoms with Crippen molar-refractivity contribution >= 4 is 21.8 Å². The lowest BCUT2D eigenvalue weighted by molar-refractivity contribution is -0.164. The third kappa shape index (κ3) is 3.17. The van der Waals surface area contributed by atoms with Crippen LogP contribution >= 0.6 is 0 Å². The van der Waals surface area contributed by atoms with E-state index in [4.69, 9.17) is 9.47 Å². The van der Waals surface area contributed by atoms with Gasteiger partial charge in [0, 0.05) is 11.7 Å². The molecule has 0 bridgehead atoms. The van der Waals surface area contributed by atoms with E-state index in [0.717, 1.165) is 5.56 Å². The summed E-state index contributed by atoms with van der Waals surface area (Å²) in [4.78, 5) is 25.4. The summed E-state index contributed by atoms with van der Waals surface area (Å²) in [5, 5.41) is -1.16. The molecule has 0 aromatic heterocycles. The molecule has 0 spiro atoms. The van der Waals surface area contributed by atoms with Gasteiger partial charge in [0.1, 0.15) is 0 Å². The molecule has 2 rings (SSSR count). The summed E-state index contributed by atoms with van der Waals surface area (Å²) >= 11 is 0. The number of esters is 2. The standard InChI is InChI=1S/C18H24O6S/c1-5-23-16(19)18(17(20)24-6-2)14(15(18)25(21,22)7-3)13-10-8-12(4)9-11-13/h8-11,14-15H,5-7H2,1-4H3/t14-,15+/m0/s1. The molecular weight excluding hydrogens is 344 g/mol. The maximum Gasteiger partial charge on any atom is 0.325 e. The van der Waals surface area contributed by atoms with Crippen molar-refractivity contribution in [3.63, 3.8) is 0 Å². The lowest BCUT2D eigenvalue weighted by atomic mass is 9.98. The summed E-state index contributed by atoms with van der Waals surface area (Å²) in [7, 11) is -3.67. The van der Waals surface area contributed by atoms with Crippen LogP contribution < -0.4 is 0 Å². The van der Waals surface area contributed by atoms with Gasteiger partial charge in [-0.15, -0.1) is 0 Å². The van der Waals surface area contributed by atoms with Crippen LogP contribution in [0.15, 0.2) is 24.3 Å². The van der Waals surface area contributed by atoms with Gasteiger partial charge in [-0.1, -0.05) is 36.8 Å². The Morgan fingerprint density at radius 1 is 1.00 bits per heavy atom. The maximum absolute atomic E-state index is 12.7. The minimum Gasteiger partial charge on any atom is -0.465 e. The Morgan fingerprint density at radius 2 is 1.48 bits per heavy atom. The van der Waals surface area contributed by atoms with Crippen molar-refractivity contribution in [1.29, 1.82) is 0 Å². The molecule has 0 amide bonds. The Hall–Kier alpha value is -1.89. The highest BCUT2D eigenvalue weighted by atomic mass is 32.2. The average molecular weight is 368 g/mol. The molecule has 0 aliphatic heterocycles. The Kier molecular flexibility index (Phi) is 5.56.